The number of benzene rings is 1. The summed E-state index contributed by atoms with van der Waals surface area (Å²) in [6.07, 6.45) is 4.45. The van der Waals surface area contributed by atoms with Crippen LogP contribution >= 0.6 is 0 Å². The van der Waals surface area contributed by atoms with Crippen LogP contribution in [0.25, 0.3) is 0 Å². The van der Waals surface area contributed by atoms with E-state index in [2.05, 4.69) is 15.7 Å². The predicted octanol–water partition coefficient (Wildman–Crippen LogP) is 1.46. The average molecular weight is 307 g/mol. The number of rotatable bonds is 5. The second kappa shape index (κ2) is 7.03. The lowest BCUT2D eigenvalue weighted by Crippen LogP contribution is -2.46. The third kappa shape index (κ3) is 5.12. The molecule has 2 rings (SSSR count). The summed E-state index contributed by atoms with van der Waals surface area (Å²) in [7, 11) is -3.15. The molecule has 1 fully saturated rings. The van der Waals surface area contributed by atoms with Crippen LogP contribution in [0.15, 0.2) is 24.3 Å². The number of nitrogens with one attached hydrogen (secondary N) is 1. The molecule has 0 radical (unpaired) electrons. The summed E-state index contributed by atoms with van der Waals surface area (Å²) >= 11 is 0. The molecule has 1 aliphatic heterocycles. The number of hydrogen-bond acceptors (Lipinski definition) is 4. The highest BCUT2D eigenvalue weighted by molar-refractivity contribution is 7.88. The van der Waals surface area contributed by atoms with Crippen LogP contribution < -0.4 is 4.72 Å². The van der Waals surface area contributed by atoms with Crippen LogP contribution in [0.2, 0.25) is 0 Å². The molecule has 0 aromatic heterocycles. The van der Waals surface area contributed by atoms with Gasteiger partial charge >= 0.3 is 0 Å². The maximum atomic E-state index is 11.3. The maximum Gasteiger partial charge on any atom is 0.208 e. The van der Waals surface area contributed by atoms with Crippen molar-refractivity contribution in [1.29, 1.82) is 5.26 Å². The van der Waals surface area contributed by atoms with E-state index >= 15 is 0 Å². The standard InChI is InChI=1S/C15H21N3O2S/c1-21(19,20)17-11-15-7-2-3-8-18(15)12-14-6-4-5-13(9-14)10-16/h4-6,9,15,17H,2-3,7-8,11-12H2,1H3/t15-/m1/s1. The Hall–Kier alpha value is -1.42. The Morgan fingerprint density at radius 3 is 2.95 bits per heavy atom. The van der Waals surface area contributed by atoms with Crippen molar-refractivity contribution >= 4 is 10.0 Å². The Morgan fingerprint density at radius 2 is 2.24 bits per heavy atom. The van der Waals surface area contributed by atoms with E-state index in [1.54, 1.807) is 6.07 Å². The zero-order valence-corrected chi connectivity index (χ0v) is 13.1. The van der Waals surface area contributed by atoms with Crippen LogP contribution in [0.4, 0.5) is 0 Å². The molecule has 0 saturated carbocycles. The number of nitriles is 1. The molecule has 0 amide bonds. The van der Waals surface area contributed by atoms with Crippen molar-refractivity contribution in [3.8, 4) is 6.07 Å². The zero-order valence-electron chi connectivity index (χ0n) is 12.2. The minimum atomic E-state index is -3.15. The molecule has 1 aromatic rings. The van der Waals surface area contributed by atoms with Gasteiger partial charge in [-0.25, -0.2) is 13.1 Å². The Labute approximate surface area is 126 Å². The average Bonchev–Trinajstić information content (AvgIpc) is 2.46. The van der Waals surface area contributed by atoms with Crippen LogP contribution in [0.5, 0.6) is 0 Å². The molecule has 0 aliphatic carbocycles. The highest BCUT2D eigenvalue weighted by Gasteiger charge is 2.23. The van der Waals surface area contributed by atoms with Gasteiger partial charge < -0.3 is 0 Å². The fourth-order valence-electron chi connectivity index (χ4n) is 2.72. The Kier molecular flexibility index (Phi) is 5.34. The summed E-state index contributed by atoms with van der Waals surface area (Å²) in [5, 5.41) is 8.95. The SMILES string of the molecule is CS(=O)(=O)NC[C@H]1CCCCN1Cc1cccc(C#N)c1. The summed E-state index contributed by atoms with van der Waals surface area (Å²) in [5.41, 5.74) is 1.76. The first-order valence-electron chi connectivity index (χ1n) is 7.15. The van der Waals surface area contributed by atoms with Crippen molar-refractivity contribution in [1.82, 2.24) is 9.62 Å². The summed E-state index contributed by atoms with van der Waals surface area (Å²) in [6, 6.07) is 9.97. The first-order valence-corrected chi connectivity index (χ1v) is 9.05. The van der Waals surface area contributed by atoms with E-state index in [0.717, 1.165) is 37.9 Å². The second-order valence-electron chi connectivity index (χ2n) is 5.55. The third-order valence-electron chi connectivity index (χ3n) is 3.77. The summed E-state index contributed by atoms with van der Waals surface area (Å²) < 4.78 is 25.1. The van der Waals surface area contributed by atoms with Gasteiger partial charge in [-0.3, -0.25) is 4.90 Å². The van der Waals surface area contributed by atoms with Gasteiger partial charge in [0.1, 0.15) is 0 Å². The maximum absolute atomic E-state index is 11.3. The van der Waals surface area contributed by atoms with Crippen LogP contribution in [-0.2, 0) is 16.6 Å². The van der Waals surface area contributed by atoms with E-state index in [1.165, 1.54) is 6.26 Å². The molecule has 1 heterocycles. The van der Waals surface area contributed by atoms with Gasteiger partial charge in [-0.15, -0.1) is 0 Å². The van der Waals surface area contributed by atoms with E-state index in [9.17, 15) is 8.42 Å². The molecular formula is C15H21N3O2S. The Bertz CT molecular complexity index is 622. The van der Waals surface area contributed by atoms with Crippen LogP contribution in [0.3, 0.4) is 0 Å². The van der Waals surface area contributed by atoms with Crippen LogP contribution in [0.1, 0.15) is 30.4 Å². The van der Waals surface area contributed by atoms with Crippen molar-refractivity contribution < 1.29 is 8.42 Å². The van der Waals surface area contributed by atoms with Gasteiger partial charge in [0.05, 0.1) is 17.9 Å². The normalized spacial score (nSPS) is 20.1. The molecule has 5 nitrogen and oxygen atoms in total. The van der Waals surface area contributed by atoms with Crippen molar-refractivity contribution in [2.75, 3.05) is 19.3 Å². The lowest BCUT2D eigenvalue weighted by Gasteiger charge is -2.35. The van der Waals surface area contributed by atoms with Gasteiger partial charge in [0, 0.05) is 19.1 Å². The molecule has 1 atom stereocenters. The van der Waals surface area contributed by atoms with Crippen molar-refractivity contribution in [3.63, 3.8) is 0 Å². The smallest absolute Gasteiger partial charge is 0.208 e. The zero-order chi connectivity index (χ0) is 15.3. The Morgan fingerprint density at radius 1 is 1.43 bits per heavy atom. The molecule has 114 valence electrons. The first kappa shape index (κ1) is 16.0. The molecule has 1 aliphatic rings. The van der Waals surface area contributed by atoms with Crippen LogP contribution in [-0.4, -0.2) is 38.7 Å². The Balaban J connectivity index is 2.03. The lowest BCUT2D eigenvalue weighted by molar-refractivity contribution is 0.142. The fourth-order valence-corrected chi connectivity index (χ4v) is 3.22. The molecule has 1 N–H and O–H groups in total. The summed E-state index contributed by atoms with van der Waals surface area (Å²) in [6.45, 7) is 2.18. The minimum absolute atomic E-state index is 0.221. The molecule has 0 spiro atoms. The lowest BCUT2D eigenvalue weighted by atomic mass is 10.0. The molecule has 1 aromatic carbocycles. The van der Waals surface area contributed by atoms with Crippen molar-refractivity contribution in [2.45, 2.75) is 31.8 Å². The quantitative estimate of drug-likeness (QED) is 0.894. The summed E-state index contributed by atoms with van der Waals surface area (Å²) in [5.74, 6) is 0. The molecule has 6 heteroatoms. The van der Waals surface area contributed by atoms with Crippen molar-refractivity contribution in [2.24, 2.45) is 0 Å². The number of sulfonamides is 1. The second-order valence-corrected chi connectivity index (χ2v) is 7.39. The van der Waals surface area contributed by atoms with Gasteiger partial charge in [0.2, 0.25) is 10.0 Å². The summed E-state index contributed by atoms with van der Waals surface area (Å²) in [4.78, 5) is 2.30. The van der Waals surface area contributed by atoms with Crippen molar-refractivity contribution in [3.05, 3.63) is 35.4 Å². The van der Waals surface area contributed by atoms with Gasteiger partial charge in [0.15, 0.2) is 0 Å². The molecular weight excluding hydrogens is 286 g/mol. The van der Waals surface area contributed by atoms with E-state index in [1.807, 2.05) is 18.2 Å². The van der Waals surface area contributed by atoms with Gasteiger partial charge in [0.25, 0.3) is 0 Å². The minimum Gasteiger partial charge on any atom is -0.295 e. The molecule has 0 unspecified atom stereocenters. The molecule has 0 bridgehead atoms. The third-order valence-corrected chi connectivity index (χ3v) is 4.46. The molecule has 21 heavy (non-hydrogen) atoms. The van der Waals surface area contributed by atoms with Gasteiger partial charge in [-0.05, 0) is 37.1 Å². The predicted molar refractivity (Wildman–Crippen MR) is 82.1 cm³/mol. The van der Waals surface area contributed by atoms with Crippen LogP contribution in [0, 0.1) is 11.3 Å². The van der Waals surface area contributed by atoms with E-state index in [0.29, 0.717) is 12.1 Å². The number of likely N-dealkylation sites (tertiary alicyclic amines) is 1. The number of nitrogens with zero attached hydrogens (tertiary/aromatic N) is 2. The largest absolute Gasteiger partial charge is 0.295 e. The monoisotopic (exact) mass is 307 g/mol. The van der Waals surface area contributed by atoms with Gasteiger partial charge in [-0.1, -0.05) is 18.6 Å². The van der Waals surface area contributed by atoms with E-state index < -0.39 is 10.0 Å². The highest BCUT2D eigenvalue weighted by Crippen LogP contribution is 2.19. The highest BCUT2D eigenvalue weighted by atomic mass is 32.2. The number of hydrogen-bond donors (Lipinski definition) is 1. The van der Waals surface area contributed by atoms with E-state index in [-0.39, 0.29) is 6.04 Å². The first-order chi connectivity index (χ1) is 9.98. The topological polar surface area (TPSA) is 73.2 Å². The fraction of sp³-hybridized carbons (Fsp3) is 0.533. The number of piperidine rings is 1. The van der Waals surface area contributed by atoms with E-state index in [4.69, 9.17) is 5.26 Å². The molecule has 1 saturated heterocycles. The van der Waals surface area contributed by atoms with Gasteiger partial charge in [-0.2, -0.15) is 5.26 Å².